The lowest BCUT2D eigenvalue weighted by Gasteiger charge is -2.11. The number of carbonyl (C=O) groups is 1. The number of hydrogen-bond donors (Lipinski definition) is 1. The summed E-state index contributed by atoms with van der Waals surface area (Å²) in [5.41, 5.74) is 1.72. The third-order valence-electron chi connectivity index (χ3n) is 6.53. The van der Waals surface area contributed by atoms with Crippen molar-refractivity contribution in [1.82, 2.24) is 0 Å². The SMILES string of the molecule is CCCCCCCCCCCCCCCc1ccc(C(=O)c2cc(OC)ccc2OC)c(O)c1. The number of phenols is 1. The summed E-state index contributed by atoms with van der Waals surface area (Å²) in [6.45, 7) is 2.27. The second-order valence-corrected chi connectivity index (χ2v) is 9.24. The minimum Gasteiger partial charge on any atom is -0.507 e. The van der Waals surface area contributed by atoms with Crippen molar-refractivity contribution in [2.75, 3.05) is 14.2 Å². The summed E-state index contributed by atoms with van der Waals surface area (Å²) < 4.78 is 10.6. The number of ether oxygens (including phenoxy) is 2. The first kappa shape index (κ1) is 27.8. The molecule has 2 aromatic rings. The Balaban J connectivity index is 1.70. The van der Waals surface area contributed by atoms with Gasteiger partial charge in [-0.05, 0) is 48.7 Å². The third-order valence-corrected chi connectivity index (χ3v) is 6.53. The average Bonchev–Trinajstić information content (AvgIpc) is 2.86. The highest BCUT2D eigenvalue weighted by molar-refractivity contribution is 6.12. The van der Waals surface area contributed by atoms with Crippen LogP contribution in [-0.2, 0) is 6.42 Å². The van der Waals surface area contributed by atoms with E-state index < -0.39 is 0 Å². The van der Waals surface area contributed by atoms with E-state index in [0.717, 1.165) is 18.4 Å². The predicted molar refractivity (Wildman–Crippen MR) is 140 cm³/mol. The number of hydrogen-bond acceptors (Lipinski definition) is 4. The summed E-state index contributed by atoms with van der Waals surface area (Å²) in [6, 6.07) is 10.5. The van der Waals surface area contributed by atoms with Gasteiger partial charge in [-0.1, -0.05) is 90.0 Å². The summed E-state index contributed by atoms with van der Waals surface area (Å²) in [6.07, 6.45) is 18.3. The number of carbonyl (C=O) groups excluding carboxylic acids is 1. The van der Waals surface area contributed by atoms with Crippen LogP contribution in [0.25, 0.3) is 0 Å². The van der Waals surface area contributed by atoms with Crippen molar-refractivity contribution in [3.8, 4) is 17.2 Å². The number of unbranched alkanes of at least 4 members (excludes halogenated alkanes) is 12. The van der Waals surface area contributed by atoms with Gasteiger partial charge in [0.15, 0.2) is 0 Å². The Kier molecular flexibility index (Phi) is 13.2. The van der Waals surface area contributed by atoms with E-state index in [-0.39, 0.29) is 17.1 Å². The van der Waals surface area contributed by atoms with Crippen LogP contribution in [0.5, 0.6) is 17.2 Å². The highest BCUT2D eigenvalue weighted by Crippen LogP contribution is 2.30. The van der Waals surface area contributed by atoms with E-state index in [2.05, 4.69) is 6.92 Å². The lowest BCUT2D eigenvalue weighted by atomic mass is 9.98. The molecule has 0 saturated carbocycles. The maximum Gasteiger partial charge on any atom is 0.200 e. The Labute approximate surface area is 206 Å². The quantitative estimate of drug-likeness (QED) is 0.177. The number of aryl methyl sites for hydroxylation is 1. The summed E-state index contributed by atoms with van der Waals surface area (Å²) in [4.78, 5) is 13.0. The molecule has 0 radical (unpaired) electrons. The fourth-order valence-electron chi connectivity index (χ4n) is 4.41. The normalized spacial score (nSPS) is 10.9. The predicted octanol–water partition coefficient (Wildman–Crippen LogP) is 8.27. The number of benzene rings is 2. The van der Waals surface area contributed by atoms with Gasteiger partial charge in [0.2, 0.25) is 5.78 Å². The minimum absolute atomic E-state index is 0.0158. The number of aromatic hydroxyl groups is 1. The molecular formula is C30H44O4. The van der Waals surface area contributed by atoms with Crippen LogP contribution in [0.15, 0.2) is 36.4 Å². The highest BCUT2D eigenvalue weighted by atomic mass is 16.5. The Bertz CT molecular complexity index is 859. The molecule has 2 aromatic carbocycles. The molecule has 0 aliphatic heterocycles. The van der Waals surface area contributed by atoms with Crippen molar-refractivity contribution in [2.24, 2.45) is 0 Å². The van der Waals surface area contributed by atoms with E-state index in [9.17, 15) is 9.90 Å². The molecule has 0 aromatic heterocycles. The van der Waals surface area contributed by atoms with Crippen LogP contribution < -0.4 is 9.47 Å². The van der Waals surface area contributed by atoms with Gasteiger partial charge in [0, 0.05) is 0 Å². The van der Waals surface area contributed by atoms with Gasteiger partial charge in [-0.3, -0.25) is 4.79 Å². The number of ketones is 1. The number of rotatable bonds is 18. The molecule has 0 heterocycles. The van der Waals surface area contributed by atoms with Gasteiger partial charge in [-0.15, -0.1) is 0 Å². The lowest BCUT2D eigenvalue weighted by molar-refractivity contribution is 0.103. The molecule has 0 spiro atoms. The van der Waals surface area contributed by atoms with Gasteiger partial charge >= 0.3 is 0 Å². The molecule has 188 valence electrons. The Hall–Kier alpha value is -2.49. The second-order valence-electron chi connectivity index (χ2n) is 9.24. The molecule has 0 atom stereocenters. The van der Waals surface area contributed by atoms with Gasteiger partial charge in [0.25, 0.3) is 0 Å². The fraction of sp³-hybridized carbons (Fsp3) is 0.567. The zero-order valence-electron chi connectivity index (χ0n) is 21.5. The Morgan fingerprint density at radius 3 is 1.82 bits per heavy atom. The van der Waals surface area contributed by atoms with Crippen LogP contribution in [0.3, 0.4) is 0 Å². The van der Waals surface area contributed by atoms with Crippen molar-refractivity contribution >= 4 is 5.78 Å². The molecule has 0 aliphatic rings. The molecule has 0 unspecified atom stereocenters. The van der Waals surface area contributed by atoms with Crippen molar-refractivity contribution in [3.63, 3.8) is 0 Å². The first-order valence-corrected chi connectivity index (χ1v) is 13.2. The maximum absolute atomic E-state index is 13.0. The van der Waals surface area contributed by atoms with Crippen LogP contribution in [0, 0.1) is 0 Å². The molecule has 1 N–H and O–H groups in total. The van der Waals surface area contributed by atoms with Crippen molar-refractivity contribution in [3.05, 3.63) is 53.1 Å². The van der Waals surface area contributed by atoms with Crippen LogP contribution >= 0.6 is 0 Å². The lowest BCUT2D eigenvalue weighted by Crippen LogP contribution is -2.05. The first-order chi connectivity index (χ1) is 16.6. The van der Waals surface area contributed by atoms with Crippen LogP contribution in [0.4, 0.5) is 0 Å². The van der Waals surface area contributed by atoms with Crippen LogP contribution in [0.2, 0.25) is 0 Å². The molecule has 0 saturated heterocycles. The number of methoxy groups -OCH3 is 2. The summed E-state index contributed by atoms with van der Waals surface area (Å²) >= 11 is 0. The Morgan fingerprint density at radius 1 is 0.706 bits per heavy atom. The van der Waals surface area contributed by atoms with Gasteiger partial charge in [-0.2, -0.15) is 0 Å². The van der Waals surface area contributed by atoms with E-state index in [4.69, 9.17) is 9.47 Å². The second kappa shape index (κ2) is 16.2. The third kappa shape index (κ3) is 9.40. The molecule has 0 fully saturated rings. The van der Waals surface area contributed by atoms with Crippen molar-refractivity contribution < 1.29 is 19.4 Å². The topological polar surface area (TPSA) is 55.8 Å². The van der Waals surface area contributed by atoms with Crippen molar-refractivity contribution in [2.45, 2.75) is 96.8 Å². The van der Waals surface area contributed by atoms with E-state index in [1.54, 1.807) is 37.4 Å². The van der Waals surface area contributed by atoms with E-state index in [0.29, 0.717) is 17.1 Å². The molecule has 0 aliphatic carbocycles. The molecule has 34 heavy (non-hydrogen) atoms. The first-order valence-electron chi connectivity index (χ1n) is 13.2. The van der Waals surface area contributed by atoms with Crippen LogP contribution in [0.1, 0.15) is 112 Å². The largest absolute Gasteiger partial charge is 0.507 e. The summed E-state index contributed by atoms with van der Waals surface area (Å²) in [5, 5.41) is 10.5. The highest BCUT2D eigenvalue weighted by Gasteiger charge is 2.19. The standard InChI is InChI=1S/C30H44O4/c1-4-5-6-7-8-9-10-11-12-13-14-15-16-17-24-18-20-26(28(31)22-24)30(32)27-23-25(33-2)19-21-29(27)34-3/h18-23,31H,4-17H2,1-3H3. The van der Waals surface area contributed by atoms with Gasteiger partial charge in [-0.25, -0.2) is 0 Å². The van der Waals surface area contributed by atoms with Gasteiger partial charge < -0.3 is 14.6 Å². The molecule has 0 amide bonds. The monoisotopic (exact) mass is 468 g/mol. The summed E-state index contributed by atoms with van der Waals surface area (Å²) in [5.74, 6) is 0.770. The smallest absolute Gasteiger partial charge is 0.200 e. The summed E-state index contributed by atoms with van der Waals surface area (Å²) in [7, 11) is 3.08. The molecule has 2 rings (SSSR count). The van der Waals surface area contributed by atoms with Crippen molar-refractivity contribution in [1.29, 1.82) is 0 Å². The molecular weight excluding hydrogens is 424 g/mol. The average molecular weight is 469 g/mol. The zero-order valence-corrected chi connectivity index (χ0v) is 21.5. The van der Waals surface area contributed by atoms with Gasteiger partial charge in [0.1, 0.15) is 17.2 Å². The molecule has 4 nitrogen and oxygen atoms in total. The van der Waals surface area contributed by atoms with E-state index in [1.807, 2.05) is 6.07 Å². The van der Waals surface area contributed by atoms with E-state index in [1.165, 1.54) is 84.2 Å². The maximum atomic E-state index is 13.0. The number of phenolic OH excluding ortho intramolecular Hbond substituents is 1. The van der Waals surface area contributed by atoms with E-state index >= 15 is 0 Å². The minimum atomic E-state index is -0.277. The van der Waals surface area contributed by atoms with Gasteiger partial charge in [0.05, 0.1) is 25.3 Å². The van der Waals surface area contributed by atoms with Crippen LogP contribution in [-0.4, -0.2) is 25.1 Å². The fourth-order valence-corrected chi connectivity index (χ4v) is 4.41. The Morgan fingerprint density at radius 2 is 1.29 bits per heavy atom. The molecule has 4 heteroatoms. The molecule has 0 bridgehead atoms. The zero-order chi connectivity index (χ0) is 24.6.